The third kappa shape index (κ3) is 11.8. The summed E-state index contributed by atoms with van der Waals surface area (Å²) in [5, 5.41) is 55.7. The number of nitrogen functional groups attached to an aromatic ring is 2. The summed E-state index contributed by atoms with van der Waals surface area (Å²) in [5.41, 5.74) is 14.8. The van der Waals surface area contributed by atoms with E-state index >= 15 is 0 Å². The van der Waals surface area contributed by atoms with Crippen LogP contribution in [0.15, 0.2) is 188 Å². The van der Waals surface area contributed by atoms with E-state index in [9.17, 15) is 44.6 Å². The molecule has 0 aromatic heterocycles. The number of anilines is 2. The second-order valence-electron chi connectivity index (χ2n) is 15.9. The van der Waals surface area contributed by atoms with Crippen LogP contribution < -0.4 is 11.5 Å². The van der Waals surface area contributed by atoms with Crippen LogP contribution in [0.3, 0.4) is 0 Å². The van der Waals surface area contributed by atoms with Crippen LogP contribution in [0.4, 0.5) is 56.9 Å². The largest absolute Gasteiger partial charge is 0.505 e. The first-order valence-electron chi connectivity index (χ1n) is 21.0. The molecule has 0 saturated heterocycles. The molecule has 0 aliphatic rings. The molecule has 378 valence electrons. The minimum absolute atomic E-state index is 0.0710. The van der Waals surface area contributed by atoms with Crippen LogP contribution in [-0.4, -0.2) is 57.2 Å². The van der Waals surface area contributed by atoms with E-state index in [-0.39, 0.29) is 65.5 Å². The Morgan fingerprint density at radius 3 is 1.31 bits per heavy atom. The van der Waals surface area contributed by atoms with Gasteiger partial charge in [0, 0.05) is 0 Å². The Morgan fingerprint density at radius 1 is 0.446 bits per heavy atom. The number of nitrogens with two attached hydrogens (primary N) is 2. The summed E-state index contributed by atoms with van der Waals surface area (Å²) in [4.78, 5) is -2.30. The standard InChI is InChI=1S/C47H38N10O10S3.O3S/c1-25-10-15-30(16-11-25)50-54-36-19-14-28-21-37(69(62,63)64)44(46(58)39(28)41(36)48)56-52-32-6-4-8-34(23-32)68(60,61)35-9-5-7-33(24-35)53-57-45-38(70(65,66)67)22-29-20-27(3)43(42(49)40(29)47(45)59)55-51-31-17-12-26(2)13-18-31;1-4(2)3/h4-24,58-59H,48-49H2,1-3H3,(H,62,63,64)(H,65,66,67);. The van der Waals surface area contributed by atoms with Crippen LogP contribution in [0, 0.1) is 20.8 Å². The van der Waals surface area contributed by atoms with Crippen molar-refractivity contribution in [3.8, 4) is 11.5 Å². The molecule has 0 atom stereocenters. The van der Waals surface area contributed by atoms with Gasteiger partial charge >= 0.3 is 10.6 Å². The molecule has 0 spiro atoms. The lowest BCUT2D eigenvalue weighted by atomic mass is 10.0. The first kappa shape index (κ1) is 53.1. The highest BCUT2D eigenvalue weighted by Gasteiger charge is 2.27. The zero-order chi connectivity index (χ0) is 53.9. The fourth-order valence-corrected chi connectivity index (χ4v) is 9.82. The SMILES string of the molecule is Cc1ccc(N=Nc2ccc3cc(S(=O)(=O)O)c(N=Nc4cccc(S(=O)(=O)c5cccc(N=Nc6c(S(=O)(=O)O)cc7cc(C)c(N=Nc8ccc(C)cc8)c(N)c7c6O)c5)c4)c(O)c3c2N)cc1.O=S(=O)=O. The van der Waals surface area contributed by atoms with Gasteiger partial charge in [0.2, 0.25) is 9.84 Å². The summed E-state index contributed by atoms with van der Waals surface area (Å²) < 4.78 is 124. The van der Waals surface area contributed by atoms with Crippen LogP contribution in [0.5, 0.6) is 11.5 Å². The number of azo groups is 4. The Hall–Kier alpha value is -8.73. The van der Waals surface area contributed by atoms with Gasteiger partial charge in [-0.3, -0.25) is 9.11 Å². The molecule has 8 rings (SSSR count). The van der Waals surface area contributed by atoms with Crippen molar-refractivity contribution in [1.29, 1.82) is 0 Å². The molecule has 0 amide bonds. The Bertz CT molecular complexity index is 4170. The van der Waals surface area contributed by atoms with Crippen molar-refractivity contribution >= 4 is 119 Å². The number of hydrogen-bond donors (Lipinski definition) is 6. The molecule has 0 saturated carbocycles. The lowest BCUT2D eigenvalue weighted by Gasteiger charge is -2.13. The van der Waals surface area contributed by atoms with E-state index in [1.54, 1.807) is 31.2 Å². The maximum atomic E-state index is 14.0. The number of fused-ring (bicyclic) bond motifs is 2. The Labute approximate surface area is 422 Å². The third-order valence-corrected chi connectivity index (χ3v) is 14.2. The molecule has 23 nitrogen and oxygen atoms in total. The van der Waals surface area contributed by atoms with Gasteiger partial charge in [-0.2, -0.15) is 37.3 Å². The number of aryl methyl sites for hydroxylation is 3. The fourth-order valence-electron chi connectivity index (χ4n) is 7.16. The highest BCUT2D eigenvalue weighted by atomic mass is 32.2. The van der Waals surface area contributed by atoms with Crippen molar-refractivity contribution in [2.45, 2.75) is 40.4 Å². The average Bonchev–Trinajstić information content (AvgIpc) is 3.33. The molecule has 27 heteroatoms. The number of benzene rings is 8. The van der Waals surface area contributed by atoms with E-state index < -0.39 is 73.3 Å². The first-order chi connectivity index (χ1) is 34.8. The Balaban J connectivity index is 0.00000193. The predicted octanol–water partition coefficient (Wildman–Crippen LogP) is 11.5. The number of sulfone groups is 1. The smallest absolute Gasteiger partial charge is 0.425 e. The number of aromatic hydroxyl groups is 2. The van der Waals surface area contributed by atoms with E-state index in [0.717, 1.165) is 35.4 Å². The van der Waals surface area contributed by atoms with Crippen LogP contribution >= 0.6 is 0 Å². The van der Waals surface area contributed by atoms with Crippen LogP contribution in [0.1, 0.15) is 16.7 Å². The van der Waals surface area contributed by atoms with Gasteiger partial charge in [0.05, 0.1) is 54.7 Å². The summed E-state index contributed by atoms with van der Waals surface area (Å²) in [6.45, 7) is 5.47. The molecule has 8 N–H and O–H groups in total. The molecule has 0 bridgehead atoms. The van der Waals surface area contributed by atoms with E-state index in [2.05, 4.69) is 40.9 Å². The summed E-state index contributed by atoms with van der Waals surface area (Å²) in [5.74, 6) is -1.56. The van der Waals surface area contributed by atoms with E-state index in [1.807, 2.05) is 38.1 Å². The number of hydrogen-bond acceptors (Lipinski definition) is 21. The minimum Gasteiger partial charge on any atom is -0.505 e. The zero-order valence-corrected chi connectivity index (χ0v) is 41.7. The highest BCUT2D eigenvalue weighted by molar-refractivity contribution is 7.91. The molecule has 0 aliphatic carbocycles. The molecule has 0 radical (unpaired) electrons. The number of rotatable bonds is 12. The second kappa shape index (κ2) is 21.2. The first-order valence-corrected chi connectivity index (χ1v) is 26.3. The van der Waals surface area contributed by atoms with Crippen molar-refractivity contribution in [2.24, 2.45) is 40.9 Å². The van der Waals surface area contributed by atoms with Crippen molar-refractivity contribution in [3.63, 3.8) is 0 Å². The summed E-state index contributed by atoms with van der Waals surface area (Å²) in [6, 6.07) is 30.7. The molecule has 0 heterocycles. The van der Waals surface area contributed by atoms with E-state index in [0.29, 0.717) is 16.9 Å². The van der Waals surface area contributed by atoms with Gasteiger partial charge in [0.25, 0.3) is 20.2 Å². The van der Waals surface area contributed by atoms with Crippen molar-refractivity contribution in [2.75, 3.05) is 11.5 Å². The number of phenolic OH excluding ortho intramolecular Hbond substituents is 2. The van der Waals surface area contributed by atoms with Crippen molar-refractivity contribution in [3.05, 3.63) is 144 Å². The topological polar surface area (TPSA) is 385 Å². The second-order valence-corrected chi connectivity index (χ2v) is 21.1. The predicted molar refractivity (Wildman–Crippen MR) is 272 cm³/mol. The Kier molecular flexibility index (Phi) is 15.2. The molecular weight excluding hydrogens is 1040 g/mol. The van der Waals surface area contributed by atoms with Gasteiger partial charge in [-0.25, -0.2) is 8.42 Å². The minimum atomic E-state index is -5.05. The molecule has 0 aliphatic heterocycles. The third-order valence-electron chi connectivity index (χ3n) is 10.7. The lowest BCUT2D eigenvalue weighted by molar-refractivity contribution is 0.472. The van der Waals surface area contributed by atoms with Gasteiger partial charge in [-0.1, -0.05) is 53.6 Å². The quantitative estimate of drug-likeness (QED) is 0.0376. The monoisotopic (exact) mass is 1080 g/mol. The molecule has 8 aromatic rings. The summed E-state index contributed by atoms with van der Waals surface area (Å²) >= 11 is 0. The van der Waals surface area contributed by atoms with Gasteiger partial charge < -0.3 is 21.7 Å². The Morgan fingerprint density at radius 2 is 0.851 bits per heavy atom. The van der Waals surface area contributed by atoms with Crippen LogP contribution in [-0.2, 0) is 40.7 Å². The van der Waals surface area contributed by atoms with Gasteiger partial charge in [-0.15, -0.1) is 33.1 Å². The maximum absolute atomic E-state index is 14.0. The van der Waals surface area contributed by atoms with Crippen LogP contribution in [0.2, 0.25) is 0 Å². The summed E-state index contributed by atoms with van der Waals surface area (Å²) in [7, 11) is -17.6. The fraction of sp³-hybridized carbons (Fsp3) is 0.0638. The van der Waals surface area contributed by atoms with E-state index in [1.165, 1.54) is 54.6 Å². The van der Waals surface area contributed by atoms with Gasteiger partial charge in [0.1, 0.15) is 32.5 Å². The number of nitrogens with zero attached hydrogens (tertiary/aromatic N) is 8. The van der Waals surface area contributed by atoms with Gasteiger partial charge in [-0.05, 0) is 122 Å². The van der Waals surface area contributed by atoms with Crippen LogP contribution in [0.25, 0.3) is 21.5 Å². The van der Waals surface area contributed by atoms with Crippen molar-refractivity contribution < 1.29 is 57.2 Å². The molecule has 74 heavy (non-hydrogen) atoms. The normalized spacial score (nSPS) is 12.3. The van der Waals surface area contributed by atoms with Crippen molar-refractivity contribution in [1.82, 2.24) is 0 Å². The molecular formula is C47H38N10O13S4. The van der Waals surface area contributed by atoms with E-state index in [4.69, 9.17) is 24.1 Å². The molecule has 0 fully saturated rings. The average molecular weight is 1080 g/mol. The zero-order valence-electron chi connectivity index (χ0n) is 38.5. The molecule has 0 unspecified atom stereocenters. The molecule has 8 aromatic carbocycles. The summed E-state index contributed by atoms with van der Waals surface area (Å²) in [6.07, 6.45) is 0. The van der Waals surface area contributed by atoms with Gasteiger partial charge in [0.15, 0.2) is 11.5 Å². The lowest BCUT2D eigenvalue weighted by Crippen LogP contribution is -2.01. The highest BCUT2D eigenvalue weighted by Crippen LogP contribution is 2.48. The number of phenols is 2. The maximum Gasteiger partial charge on any atom is 0.425 e.